The van der Waals surface area contributed by atoms with Gasteiger partial charge in [0.1, 0.15) is 0 Å². The Balaban J connectivity index is 1.61. The summed E-state index contributed by atoms with van der Waals surface area (Å²) in [6.45, 7) is 0.581. The third kappa shape index (κ3) is 3.81. The molecule has 1 amide bonds. The van der Waals surface area contributed by atoms with Crippen molar-refractivity contribution in [3.63, 3.8) is 0 Å². The normalized spacial score (nSPS) is 13.9. The van der Waals surface area contributed by atoms with Crippen LogP contribution in [-0.4, -0.2) is 62.3 Å². The molecular formula is C21H20N6O3S. The van der Waals surface area contributed by atoms with E-state index in [4.69, 9.17) is 5.26 Å². The zero-order chi connectivity index (χ0) is 22.2. The number of carbonyl (C=O) groups excluding carboxylic acids is 1. The first-order valence-corrected chi connectivity index (χ1v) is 11.0. The van der Waals surface area contributed by atoms with Gasteiger partial charge in [0.15, 0.2) is 11.6 Å². The number of para-hydroxylation sites is 2. The molecule has 1 aromatic heterocycles. The standard InChI is InChI=1S/C21H20N6O3S/c1-25-11-12-27(21-20(25)23-17-5-3-4-6-18(17)24-21)19(28)14-26(2)31(29,30)16-9-7-15(13-22)8-10-16/h3-10H,11-12,14H2,1-2H3. The molecule has 4 rings (SSSR count). The molecule has 0 spiro atoms. The van der Waals surface area contributed by atoms with E-state index in [1.165, 1.54) is 36.2 Å². The predicted octanol–water partition coefficient (Wildman–Crippen LogP) is 1.60. The number of nitriles is 1. The van der Waals surface area contributed by atoms with E-state index in [0.717, 1.165) is 9.82 Å². The van der Waals surface area contributed by atoms with E-state index in [2.05, 4.69) is 9.97 Å². The van der Waals surface area contributed by atoms with Crippen LogP contribution in [0.1, 0.15) is 5.56 Å². The molecule has 3 aromatic rings. The van der Waals surface area contributed by atoms with Gasteiger partial charge in [-0.2, -0.15) is 9.57 Å². The van der Waals surface area contributed by atoms with Crippen LogP contribution < -0.4 is 9.80 Å². The van der Waals surface area contributed by atoms with Crippen LogP contribution in [0, 0.1) is 11.3 Å². The van der Waals surface area contributed by atoms with Gasteiger partial charge in [0.2, 0.25) is 15.9 Å². The van der Waals surface area contributed by atoms with E-state index >= 15 is 0 Å². The summed E-state index contributed by atoms with van der Waals surface area (Å²) in [6.07, 6.45) is 0. The largest absolute Gasteiger partial charge is 0.355 e. The van der Waals surface area contributed by atoms with E-state index in [0.29, 0.717) is 35.8 Å². The van der Waals surface area contributed by atoms with Gasteiger partial charge in [0.25, 0.3) is 0 Å². The maximum Gasteiger partial charge on any atom is 0.243 e. The van der Waals surface area contributed by atoms with E-state index < -0.39 is 15.9 Å². The Kier molecular flexibility index (Phi) is 5.31. The predicted molar refractivity (Wildman–Crippen MR) is 116 cm³/mol. The fourth-order valence-electron chi connectivity index (χ4n) is 3.37. The zero-order valence-electron chi connectivity index (χ0n) is 17.1. The SMILES string of the molecule is CN1CCN(C(=O)CN(C)S(=O)(=O)c2ccc(C#N)cc2)c2nc3ccccc3nc21. The molecule has 1 aliphatic rings. The molecule has 0 saturated carbocycles. The first kappa shape index (κ1) is 20.7. The molecular weight excluding hydrogens is 416 g/mol. The molecule has 2 heterocycles. The fourth-order valence-corrected chi connectivity index (χ4v) is 4.49. The minimum absolute atomic E-state index is 0.0198. The first-order valence-electron chi connectivity index (χ1n) is 9.56. The van der Waals surface area contributed by atoms with Gasteiger partial charge in [0, 0.05) is 27.2 Å². The number of anilines is 2. The van der Waals surface area contributed by atoms with Crippen LogP contribution in [0.2, 0.25) is 0 Å². The quantitative estimate of drug-likeness (QED) is 0.611. The lowest BCUT2D eigenvalue weighted by Crippen LogP contribution is -2.47. The van der Waals surface area contributed by atoms with E-state index in [9.17, 15) is 13.2 Å². The number of hydrogen-bond donors (Lipinski definition) is 0. The number of carbonyl (C=O) groups is 1. The summed E-state index contributed by atoms with van der Waals surface area (Å²) in [7, 11) is -0.654. The highest BCUT2D eigenvalue weighted by Gasteiger charge is 2.31. The number of nitrogens with zero attached hydrogens (tertiary/aromatic N) is 6. The van der Waals surface area contributed by atoms with Crippen LogP contribution >= 0.6 is 0 Å². The molecule has 31 heavy (non-hydrogen) atoms. The van der Waals surface area contributed by atoms with Gasteiger partial charge in [-0.1, -0.05) is 12.1 Å². The number of benzene rings is 2. The summed E-state index contributed by atoms with van der Waals surface area (Å²) in [6, 6.07) is 14.9. The van der Waals surface area contributed by atoms with Crippen molar-refractivity contribution in [3.8, 4) is 6.07 Å². The average Bonchev–Trinajstić information content (AvgIpc) is 2.78. The minimum atomic E-state index is -3.89. The van der Waals surface area contributed by atoms with Crippen molar-refractivity contribution in [2.75, 3.05) is 43.5 Å². The Bertz CT molecular complexity index is 1300. The Morgan fingerprint density at radius 3 is 2.29 bits per heavy atom. The molecule has 0 bridgehead atoms. The van der Waals surface area contributed by atoms with Crippen molar-refractivity contribution < 1.29 is 13.2 Å². The smallest absolute Gasteiger partial charge is 0.243 e. The van der Waals surface area contributed by atoms with Gasteiger partial charge in [-0.25, -0.2) is 18.4 Å². The van der Waals surface area contributed by atoms with Crippen molar-refractivity contribution in [3.05, 3.63) is 54.1 Å². The average molecular weight is 436 g/mol. The Hall–Kier alpha value is -3.55. The first-order chi connectivity index (χ1) is 14.8. The van der Waals surface area contributed by atoms with Crippen molar-refractivity contribution in [1.82, 2.24) is 14.3 Å². The molecule has 10 heteroatoms. The summed E-state index contributed by atoms with van der Waals surface area (Å²) in [5.74, 6) is 0.608. The molecule has 0 radical (unpaired) electrons. The zero-order valence-corrected chi connectivity index (χ0v) is 17.9. The lowest BCUT2D eigenvalue weighted by Gasteiger charge is -2.34. The van der Waals surface area contributed by atoms with Gasteiger partial charge >= 0.3 is 0 Å². The maximum absolute atomic E-state index is 13.1. The highest BCUT2D eigenvalue weighted by molar-refractivity contribution is 7.89. The molecule has 0 atom stereocenters. The van der Waals surface area contributed by atoms with E-state index in [1.807, 2.05) is 42.3 Å². The van der Waals surface area contributed by atoms with Gasteiger partial charge < -0.3 is 4.90 Å². The number of likely N-dealkylation sites (N-methyl/N-ethyl adjacent to an activating group) is 2. The van der Waals surface area contributed by atoms with Gasteiger partial charge in [-0.3, -0.25) is 9.69 Å². The number of aromatic nitrogens is 2. The topological polar surface area (TPSA) is 110 Å². The van der Waals surface area contributed by atoms with Gasteiger partial charge in [-0.05, 0) is 36.4 Å². The van der Waals surface area contributed by atoms with Crippen molar-refractivity contribution >= 4 is 38.6 Å². The van der Waals surface area contributed by atoms with Crippen LogP contribution in [0.3, 0.4) is 0 Å². The van der Waals surface area contributed by atoms with Crippen LogP contribution in [0.15, 0.2) is 53.4 Å². The molecule has 158 valence electrons. The number of fused-ring (bicyclic) bond motifs is 2. The Morgan fingerprint density at radius 2 is 1.68 bits per heavy atom. The second kappa shape index (κ2) is 7.94. The third-order valence-corrected chi connectivity index (χ3v) is 6.98. The lowest BCUT2D eigenvalue weighted by atomic mass is 10.2. The summed E-state index contributed by atoms with van der Waals surface area (Å²) in [4.78, 5) is 25.8. The minimum Gasteiger partial charge on any atom is -0.355 e. The number of hydrogen-bond acceptors (Lipinski definition) is 7. The Morgan fingerprint density at radius 1 is 1.06 bits per heavy atom. The second-order valence-electron chi connectivity index (χ2n) is 7.22. The van der Waals surface area contributed by atoms with Crippen molar-refractivity contribution in [2.24, 2.45) is 0 Å². The highest BCUT2D eigenvalue weighted by Crippen LogP contribution is 2.30. The van der Waals surface area contributed by atoms with Gasteiger partial charge in [0.05, 0.1) is 34.1 Å². The summed E-state index contributed by atoms with van der Waals surface area (Å²) in [5.41, 5.74) is 1.74. The van der Waals surface area contributed by atoms with Crippen LogP contribution in [-0.2, 0) is 14.8 Å². The van der Waals surface area contributed by atoms with Crippen LogP contribution in [0.4, 0.5) is 11.6 Å². The number of amides is 1. The molecule has 0 unspecified atom stereocenters. The summed E-state index contributed by atoms with van der Waals surface area (Å²) in [5, 5.41) is 8.89. The fraction of sp³-hybridized carbons (Fsp3) is 0.238. The van der Waals surface area contributed by atoms with Crippen molar-refractivity contribution in [2.45, 2.75) is 4.90 Å². The van der Waals surface area contributed by atoms with Crippen LogP contribution in [0.25, 0.3) is 11.0 Å². The van der Waals surface area contributed by atoms with E-state index in [-0.39, 0.29) is 11.4 Å². The Labute approximate surface area is 180 Å². The number of rotatable bonds is 4. The molecule has 0 saturated heterocycles. The highest BCUT2D eigenvalue weighted by atomic mass is 32.2. The van der Waals surface area contributed by atoms with Gasteiger partial charge in [-0.15, -0.1) is 0 Å². The summed E-state index contributed by atoms with van der Waals surface area (Å²) < 4.78 is 26.7. The lowest BCUT2D eigenvalue weighted by molar-refractivity contribution is -0.118. The van der Waals surface area contributed by atoms with Crippen molar-refractivity contribution in [1.29, 1.82) is 5.26 Å². The maximum atomic E-state index is 13.1. The second-order valence-corrected chi connectivity index (χ2v) is 9.27. The number of sulfonamides is 1. The van der Waals surface area contributed by atoms with E-state index in [1.54, 1.807) is 0 Å². The monoisotopic (exact) mass is 436 g/mol. The summed E-state index contributed by atoms with van der Waals surface area (Å²) >= 11 is 0. The molecule has 0 N–H and O–H groups in total. The van der Waals surface area contributed by atoms with Crippen LogP contribution in [0.5, 0.6) is 0 Å². The molecule has 9 nitrogen and oxygen atoms in total. The third-order valence-electron chi connectivity index (χ3n) is 5.16. The molecule has 2 aromatic carbocycles. The molecule has 0 fully saturated rings. The molecule has 1 aliphatic heterocycles. The molecule has 0 aliphatic carbocycles.